The van der Waals surface area contributed by atoms with E-state index in [-0.39, 0.29) is 11.2 Å². The van der Waals surface area contributed by atoms with Gasteiger partial charge in [0.1, 0.15) is 11.6 Å². The van der Waals surface area contributed by atoms with E-state index in [2.05, 4.69) is 10.6 Å². The third kappa shape index (κ3) is 5.22. The minimum absolute atomic E-state index is 0.0117. The summed E-state index contributed by atoms with van der Waals surface area (Å²) in [4.78, 5) is 26.8. The van der Waals surface area contributed by atoms with E-state index in [0.717, 1.165) is 0 Å². The third-order valence-electron chi connectivity index (χ3n) is 5.67. The van der Waals surface area contributed by atoms with Crippen LogP contribution in [0.5, 0.6) is 5.75 Å². The molecule has 1 aliphatic heterocycles. The first-order chi connectivity index (χ1) is 16.4. The maximum Gasteiger partial charge on any atom is 0.258 e. The van der Waals surface area contributed by atoms with Gasteiger partial charge < -0.3 is 20.5 Å². The molecule has 1 saturated heterocycles. The van der Waals surface area contributed by atoms with Gasteiger partial charge in [0.25, 0.3) is 5.56 Å². The number of halogens is 2. The van der Waals surface area contributed by atoms with E-state index < -0.39 is 24.1 Å². The first-order valence-electron chi connectivity index (χ1n) is 10.7. The van der Waals surface area contributed by atoms with Crippen LogP contribution in [0.3, 0.4) is 0 Å². The molecule has 1 unspecified atom stereocenters. The Balaban J connectivity index is 1.45. The SMILES string of the molecule is COc1ccn(-c2ccc(NC(=O)[C@H]3CCCN3C(O)Nc3ccc(Cl)cc3)c(F)c2)c(=O)c1. The lowest BCUT2D eigenvalue weighted by molar-refractivity contribution is -0.123. The predicted molar refractivity (Wildman–Crippen MR) is 128 cm³/mol. The number of pyridine rings is 1. The fourth-order valence-corrected chi connectivity index (χ4v) is 4.04. The molecule has 1 amide bonds. The molecule has 1 aliphatic rings. The van der Waals surface area contributed by atoms with E-state index in [1.165, 1.54) is 42.1 Å². The third-order valence-corrected chi connectivity index (χ3v) is 5.92. The molecule has 1 fully saturated rings. The molecule has 0 aliphatic carbocycles. The topological polar surface area (TPSA) is 95.8 Å². The molecule has 0 saturated carbocycles. The number of anilines is 2. The van der Waals surface area contributed by atoms with Crippen molar-refractivity contribution in [3.63, 3.8) is 0 Å². The fraction of sp³-hybridized carbons (Fsp3) is 0.250. The monoisotopic (exact) mass is 486 g/mol. The molecular formula is C24H24ClFN4O4. The lowest BCUT2D eigenvalue weighted by Crippen LogP contribution is -2.48. The average Bonchev–Trinajstić information content (AvgIpc) is 3.32. The van der Waals surface area contributed by atoms with Crippen molar-refractivity contribution in [2.75, 3.05) is 24.3 Å². The van der Waals surface area contributed by atoms with E-state index in [4.69, 9.17) is 16.3 Å². The molecule has 34 heavy (non-hydrogen) atoms. The molecule has 0 spiro atoms. The van der Waals surface area contributed by atoms with Crippen molar-refractivity contribution >= 4 is 28.9 Å². The lowest BCUT2D eigenvalue weighted by atomic mass is 10.2. The van der Waals surface area contributed by atoms with E-state index in [1.807, 2.05) is 0 Å². The Morgan fingerprint density at radius 1 is 1.21 bits per heavy atom. The largest absolute Gasteiger partial charge is 0.497 e. The molecule has 3 N–H and O–H groups in total. The minimum atomic E-state index is -1.10. The number of amides is 1. The normalized spacial score (nSPS) is 16.8. The number of hydrogen-bond donors (Lipinski definition) is 3. The second kappa shape index (κ2) is 10.3. The van der Waals surface area contributed by atoms with Gasteiger partial charge in [0.2, 0.25) is 5.91 Å². The Bertz CT molecular complexity index is 1230. The Morgan fingerprint density at radius 2 is 1.97 bits per heavy atom. The van der Waals surface area contributed by atoms with Crippen molar-refractivity contribution in [3.8, 4) is 11.4 Å². The minimum Gasteiger partial charge on any atom is -0.497 e. The van der Waals surface area contributed by atoms with Gasteiger partial charge in [-0.3, -0.25) is 14.2 Å². The summed E-state index contributed by atoms with van der Waals surface area (Å²) in [6.45, 7) is 0.502. The maximum absolute atomic E-state index is 14.8. The van der Waals surface area contributed by atoms with Crippen molar-refractivity contribution in [2.45, 2.75) is 25.2 Å². The number of aliphatic hydroxyl groups excluding tert-OH is 1. The molecule has 10 heteroatoms. The first kappa shape index (κ1) is 23.7. The summed E-state index contributed by atoms with van der Waals surface area (Å²) in [5.74, 6) is -0.708. The Morgan fingerprint density at radius 3 is 2.65 bits per heavy atom. The number of aliphatic hydroxyl groups is 1. The first-order valence-corrected chi connectivity index (χ1v) is 11.1. The van der Waals surface area contributed by atoms with Gasteiger partial charge in [-0.15, -0.1) is 0 Å². The Labute approximate surface area is 200 Å². The molecule has 0 bridgehead atoms. The van der Waals surface area contributed by atoms with Gasteiger partial charge in [0, 0.05) is 35.6 Å². The Kier molecular flexibility index (Phi) is 7.16. The summed E-state index contributed by atoms with van der Waals surface area (Å²) in [5, 5.41) is 16.7. The summed E-state index contributed by atoms with van der Waals surface area (Å²) in [5.41, 5.74) is 0.577. The van der Waals surface area contributed by atoms with Crippen LogP contribution in [-0.2, 0) is 4.79 Å². The highest BCUT2D eigenvalue weighted by Gasteiger charge is 2.35. The number of aromatic nitrogens is 1. The van der Waals surface area contributed by atoms with Crippen LogP contribution >= 0.6 is 11.6 Å². The van der Waals surface area contributed by atoms with Gasteiger partial charge in [0.05, 0.1) is 24.5 Å². The van der Waals surface area contributed by atoms with Crippen LogP contribution < -0.4 is 20.9 Å². The van der Waals surface area contributed by atoms with Crippen molar-refractivity contribution in [2.24, 2.45) is 0 Å². The van der Waals surface area contributed by atoms with Crippen LogP contribution in [0.1, 0.15) is 12.8 Å². The zero-order valence-electron chi connectivity index (χ0n) is 18.4. The molecule has 1 aromatic heterocycles. The number of carbonyl (C=O) groups is 1. The highest BCUT2D eigenvalue weighted by molar-refractivity contribution is 6.30. The van der Waals surface area contributed by atoms with Gasteiger partial charge in [-0.2, -0.15) is 0 Å². The number of nitrogens with one attached hydrogen (secondary N) is 2. The predicted octanol–water partition coefficient (Wildman–Crippen LogP) is 3.43. The zero-order chi connectivity index (χ0) is 24.2. The summed E-state index contributed by atoms with van der Waals surface area (Å²) >= 11 is 5.89. The number of nitrogens with zero attached hydrogens (tertiary/aromatic N) is 2. The van der Waals surface area contributed by atoms with Crippen molar-refractivity contribution < 1.29 is 19.0 Å². The van der Waals surface area contributed by atoms with Crippen LogP contribution in [0.2, 0.25) is 5.02 Å². The number of hydrogen-bond acceptors (Lipinski definition) is 6. The zero-order valence-corrected chi connectivity index (χ0v) is 19.1. The standard InChI is InChI=1S/C24H24ClFN4O4/c1-34-18-10-12-29(22(31)14-18)17-8-9-20(19(26)13-17)28-23(32)21-3-2-11-30(21)24(33)27-16-6-4-15(25)5-7-16/h4-10,12-14,21,24,27,33H,2-3,11H2,1H3,(H,28,32)/t21-,24?/m1/s1. The van der Waals surface area contributed by atoms with Gasteiger partial charge in [-0.1, -0.05) is 11.6 Å². The highest BCUT2D eigenvalue weighted by atomic mass is 35.5. The van der Waals surface area contributed by atoms with Crippen LogP contribution in [0.4, 0.5) is 15.8 Å². The van der Waals surface area contributed by atoms with E-state index in [0.29, 0.717) is 41.5 Å². The number of methoxy groups -OCH3 is 1. The number of carbonyl (C=O) groups excluding carboxylic acids is 1. The molecule has 8 nitrogen and oxygen atoms in total. The molecule has 4 rings (SSSR count). The Hall–Kier alpha value is -3.40. The molecular weight excluding hydrogens is 463 g/mol. The second-order valence-electron chi connectivity index (χ2n) is 7.85. The fourth-order valence-electron chi connectivity index (χ4n) is 3.91. The summed E-state index contributed by atoms with van der Waals surface area (Å²) in [6, 6.07) is 13.2. The van der Waals surface area contributed by atoms with Gasteiger partial charge in [-0.25, -0.2) is 9.29 Å². The van der Waals surface area contributed by atoms with E-state index in [1.54, 1.807) is 35.2 Å². The van der Waals surface area contributed by atoms with Crippen molar-refractivity contribution in [1.82, 2.24) is 9.47 Å². The van der Waals surface area contributed by atoms with Crippen molar-refractivity contribution in [3.05, 3.63) is 82.0 Å². The molecule has 2 aromatic carbocycles. The second-order valence-corrected chi connectivity index (χ2v) is 8.29. The molecule has 0 radical (unpaired) electrons. The summed E-state index contributed by atoms with van der Waals surface area (Å²) in [6.07, 6.45) is 1.61. The number of rotatable bonds is 7. The molecule has 2 atom stereocenters. The van der Waals surface area contributed by atoms with Gasteiger partial charge >= 0.3 is 0 Å². The smallest absolute Gasteiger partial charge is 0.258 e. The molecule has 178 valence electrons. The van der Waals surface area contributed by atoms with Crippen LogP contribution in [0, 0.1) is 5.82 Å². The van der Waals surface area contributed by atoms with E-state index in [9.17, 15) is 19.1 Å². The van der Waals surface area contributed by atoms with E-state index >= 15 is 0 Å². The number of likely N-dealkylation sites (tertiary alicyclic amines) is 1. The molecule has 2 heterocycles. The molecule has 3 aromatic rings. The number of ether oxygens (including phenoxy) is 1. The summed E-state index contributed by atoms with van der Waals surface area (Å²) < 4.78 is 21.1. The van der Waals surface area contributed by atoms with Crippen LogP contribution in [0.15, 0.2) is 65.6 Å². The highest BCUT2D eigenvalue weighted by Crippen LogP contribution is 2.24. The maximum atomic E-state index is 14.8. The quantitative estimate of drug-likeness (QED) is 0.443. The average molecular weight is 487 g/mol. The number of benzene rings is 2. The van der Waals surface area contributed by atoms with Crippen molar-refractivity contribution in [1.29, 1.82) is 0 Å². The van der Waals surface area contributed by atoms with Crippen LogP contribution in [0.25, 0.3) is 5.69 Å². The van der Waals surface area contributed by atoms with Gasteiger partial charge in [0.15, 0.2) is 6.35 Å². The van der Waals surface area contributed by atoms with Gasteiger partial charge in [-0.05, 0) is 55.3 Å². The lowest BCUT2D eigenvalue weighted by Gasteiger charge is -2.29. The van der Waals surface area contributed by atoms with Crippen LogP contribution in [-0.4, -0.2) is 46.5 Å². The summed E-state index contributed by atoms with van der Waals surface area (Å²) in [7, 11) is 1.45.